The summed E-state index contributed by atoms with van der Waals surface area (Å²) in [4.78, 5) is 0. The van der Waals surface area contributed by atoms with Crippen molar-refractivity contribution in [3.63, 3.8) is 0 Å². The lowest BCUT2D eigenvalue weighted by atomic mass is 10.3. The Bertz CT molecular complexity index is 190. The van der Waals surface area contributed by atoms with Crippen LogP contribution in [0.15, 0.2) is 0 Å². The highest BCUT2D eigenvalue weighted by atomic mass is 32.3. The molecular formula is C6H17NO4S. The topological polar surface area (TPSA) is 87.6 Å². The highest BCUT2D eigenvalue weighted by Crippen LogP contribution is 2.03. The van der Waals surface area contributed by atoms with Crippen molar-refractivity contribution in [2.45, 2.75) is 33.3 Å². The molecule has 0 radical (unpaired) electrons. The summed E-state index contributed by atoms with van der Waals surface area (Å²) in [7, 11) is -3.74. The molecule has 76 valence electrons. The van der Waals surface area contributed by atoms with Gasteiger partial charge in [0, 0.05) is 0 Å². The molecule has 12 heavy (non-hydrogen) atoms. The van der Waals surface area contributed by atoms with Crippen molar-refractivity contribution in [1.82, 2.24) is 6.15 Å². The normalized spacial score (nSPS) is 13.6. The quantitative estimate of drug-likeness (QED) is 0.719. The third-order valence-corrected chi connectivity index (χ3v) is 2.21. The van der Waals surface area contributed by atoms with E-state index in [2.05, 4.69) is 8.37 Å². The molecule has 0 spiro atoms. The highest BCUT2D eigenvalue weighted by molar-refractivity contribution is 7.81. The van der Waals surface area contributed by atoms with E-state index < -0.39 is 10.4 Å². The number of hydrogen-bond acceptors (Lipinski definition) is 5. The van der Waals surface area contributed by atoms with Gasteiger partial charge >= 0.3 is 10.4 Å². The van der Waals surface area contributed by atoms with Gasteiger partial charge in [-0.3, -0.25) is 0 Å². The highest BCUT2D eigenvalue weighted by Gasteiger charge is 2.14. The number of rotatable bonds is 5. The van der Waals surface area contributed by atoms with Crippen LogP contribution in [0.25, 0.3) is 0 Å². The molecule has 0 saturated heterocycles. The SMILES string of the molecule is CCOS(=O)(=O)OC(C)CC.N. The Labute approximate surface area is 74.0 Å². The van der Waals surface area contributed by atoms with Crippen LogP contribution in [0.2, 0.25) is 0 Å². The standard InChI is InChI=1S/C6H14O4S.H3N/c1-4-6(3)10-11(7,8)9-5-2;/h6H,4-5H2,1-3H3;1H3. The van der Waals surface area contributed by atoms with Gasteiger partial charge in [0.2, 0.25) is 0 Å². The smallest absolute Gasteiger partial charge is 0.344 e. The van der Waals surface area contributed by atoms with Gasteiger partial charge in [-0.15, -0.1) is 0 Å². The van der Waals surface area contributed by atoms with Gasteiger partial charge in [0.05, 0.1) is 12.7 Å². The minimum absolute atomic E-state index is 0. The fourth-order valence-electron chi connectivity index (χ4n) is 0.441. The number of hydrogen-bond donors (Lipinski definition) is 1. The summed E-state index contributed by atoms with van der Waals surface area (Å²) in [5.74, 6) is 0. The van der Waals surface area contributed by atoms with Crippen molar-refractivity contribution >= 4 is 10.4 Å². The van der Waals surface area contributed by atoms with Crippen molar-refractivity contribution in [2.75, 3.05) is 6.61 Å². The average Bonchev–Trinajstić information content (AvgIpc) is 1.86. The molecule has 1 atom stereocenters. The van der Waals surface area contributed by atoms with Gasteiger partial charge in [0.25, 0.3) is 0 Å². The summed E-state index contributed by atoms with van der Waals surface area (Å²) >= 11 is 0. The van der Waals surface area contributed by atoms with E-state index in [9.17, 15) is 8.42 Å². The molecule has 0 aromatic carbocycles. The zero-order chi connectivity index (χ0) is 8.91. The third kappa shape index (κ3) is 6.53. The van der Waals surface area contributed by atoms with Crippen molar-refractivity contribution < 1.29 is 16.8 Å². The maximum atomic E-state index is 10.8. The Morgan fingerprint density at radius 3 is 2.17 bits per heavy atom. The molecule has 5 nitrogen and oxygen atoms in total. The van der Waals surface area contributed by atoms with Crippen LogP contribution in [0.4, 0.5) is 0 Å². The maximum absolute atomic E-state index is 10.8. The first-order valence-corrected chi connectivity index (χ1v) is 4.92. The Hall–Kier alpha value is -0.170. The van der Waals surface area contributed by atoms with Crippen LogP contribution >= 0.6 is 0 Å². The van der Waals surface area contributed by atoms with E-state index in [1.807, 2.05) is 6.92 Å². The van der Waals surface area contributed by atoms with E-state index in [1.165, 1.54) is 0 Å². The summed E-state index contributed by atoms with van der Waals surface area (Å²) < 4.78 is 30.4. The second-order valence-corrected chi connectivity index (χ2v) is 3.37. The van der Waals surface area contributed by atoms with E-state index in [-0.39, 0.29) is 18.9 Å². The van der Waals surface area contributed by atoms with Crippen molar-refractivity contribution in [3.8, 4) is 0 Å². The van der Waals surface area contributed by atoms with Gasteiger partial charge < -0.3 is 6.15 Å². The van der Waals surface area contributed by atoms with Crippen molar-refractivity contribution in [2.24, 2.45) is 0 Å². The monoisotopic (exact) mass is 199 g/mol. The van der Waals surface area contributed by atoms with Gasteiger partial charge in [-0.25, -0.2) is 8.37 Å². The zero-order valence-corrected chi connectivity index (χ0v) is 8.56. The minimum atomic E-state index is -3.74. The van der Waals surface area contributed by atoms with Gasteiger partial charge in [0.15, 0.2) is 0 Å². The van der Waals surface area contributed by atoms with Crippen LogP contribution in [0, 0.1) is 0 Å². The van der Waals surface area contributed by atoms with Crippen LogP contribution in [0.1, 0.15) is 27.2 Å². The van der Waals surface area contributed by atoms with E-state index in [4.69, 9.17) is 0 Å². The Kier molecular flexibility index (Phi) is 7.61. The molecule has 0 aliphatic carbocycles. The largest absolute Gasteiger partial charge is 0.400 e. The summed E-state index contributed by atoms with van der Waals surface area (Å²) in [6, 6.07) is 0. The van der Waals surface area contributed by atoms with Gasteiger partial charge in [-0.05, 0) is 20.3 Å². The van der Waals surface area contributed by atoms with Crippen molar-refractivity contribution in [3.05, 3.63) is 0 Å². The van der Waals surface area contributed by atoms with E-state index >= 15 is 0 Å². The first-order chi connectivity index (χ1) is 5.02. The molecule has 3 N–H and O–H groups in total. The van der Waals surface area contributed by atoms with Gasteiger partial charge in [0.1, 0.15) is 0 Å². The molecule has 0 fully saturated rings. The lowest BCUT2D eigenvalue weighted by molar-refractivity contribution is 0.169. The Balaban J connectivity index is 0. The molecule has 0 amide bonds. The summed E-state index contributed by atoms with van der Waals surface area (Å²) in [6.45, 7) is 5.22. The molecule has 0 aliphatic rings. The Morgan fingerprint density at radius 1 is 1.33 bits per heavy atom. The first-order valence-electron chi connectivity index (χ1n) is 3.59. The lowest BCUT2D eigenvalue weighted by Crippen LogP contribution is -2.16. The van der Waals surface area contributed by atoms with Crippen LogP contribution < -0.4 is 6.15 Å². The van der Waals surface area contributed by atoms with E-state index in [1.54, 1.807) is 13.8 Å². The molecule has 1 unspecified atom stereocenters. The summed E-state index contributed by atoms with van der Waals surface area (Å²) in [6.07, 6.45) is 0.332. The molecule has 0 rings (SSSR count). The van der Waals surface area contributed by atoms with Gasteiger partial charge in [-0.1, -0.05) is 6.92 Å². The van der Waals surface area contributed by atoms with Gasteiger partial charge in [-0.2, -0.15) is 8.42 Å². The van der Waals surface area contributed by atoms with Crippen molar-refractivity contribution in [1.29, 1.82) is 0 Å². The van der Waals surface area contributed by atoms with Crippen LogP contribution in [0.3, 0.4) is 0 Å². The molecule has 0 aliphatic heterocycles. The second kappa shape index (κ2) is 6.36. The predicted molar refractivity (Wildman–Crippen MR) is 46.4 cm³/mol. The maximum Gasteiger partial charge on any atom is 0.400 e. The Morgan fingerprint density at radius 2 is 1.83 bits per heavy atom. The zero-order valence-electron chi connectivity index (χ0n) is 7.74. The predicted octanol–water partition coefficient (Wildman–Crippen LogP) is 1.24. The second-order valence-electron chi connectivity index (χ2n) is 2.13. The third-order valence-electron chi connectivity index (χ3n) is 1.12. The lowest BCUT2D eigenvalue weighted by Gasteiger charge is -2.08. The molecular weight excluding hydrogens is 182 g/mol. The summed E-state index contributed by atoms with van der Waals surface area (Å²) in [5.41, 5.74) is 0. The summed E-state index contributed by atoms with van der Waals surface area (Å²) in [5, 5.41) is 0. The van der Waals surface area contributed by atoms with Crippen LogP contribution in [0.5, 0.6) is 0 Å². The average molecular weight is 199 g/mol. The minimum Gasteiger partial charge on any atom is -0.344 e. The first kappa shape index (κ1) is 14.4. The van der Waals surface area contributed by atoms with Crippen LogP contribution in [-0.2, 0) is 18.8 Å². The van der Waals surface area contributed by atoms with E-state index in [0.717, 1.165) is 0 Å². The van der Waals surface area contributed by atoms with Crippen LogP contribution in [-0.4, -0.2) is 21.1 Å². The molecule has 0 heterocycles. The van der Waals surface area contributed by atoms with E-state index in [0.29, 0.717) is 6.42 Å². The molecule has 6 heteroatoms. The molecule has 0 saturated carbocycles. The molecule has 0 aromatic heterocycles. The molecule has 0 aromatic rings. The fourth-order valence-corrected chi connectivity index (χ4v) is 1.32. The molecule has 0 bridgehead atoms. The fraction of sp³-hybridized carbons (Fsp3) is 1.00.